The number of rotatable bonds is 3. The molecule has 6 aromatic rings. The lowest BCUT2D eigenvalue weighted by atomic mass is 9.85. The number of nitrogens with zero attached hydrogens (tertiary/aromatic N) is 1. The van der Waals surface area contributed by atoms with E-state index in [1.54, 1.807) is 0 Å². The standard InChI is InChI=1S/C30H29NOS2/c1-16(2)13-23-17(3)25-22(32-23)8-7-20-26-24(34-29(20)25)9-11-31-27(26)19-14-18-10-12-33-28(18)21(15-19)30(4,5)6/h7-12,14-16H,13H2,1-6H3. The topological polar surface area (TPSA) is 26.0 Å². The first-order valence-corrected chi connectivity index (χ1v) is 13.7. The Balaban J connectivity index is 1.66. The van der Waals surface area contributed by atoms with Crippen LogP contribution >= 0.6 is 22.7 Å². The predicted molar refractivity (Wildman–Crippen MR) is 150 cm³/mol. The van der Waals surface area contributed by atoms with Gasteiger partial charge in [-0.2, -0.15) is 0 Å². The van der Waals surface area contributed by atoms with Gasteiger partial charge in [-0.1, -0.05) is 34.6 Å². The van der Waals surface area contributed by atoms with E-state index in [1.165, 1.54) is 52.3 Å². The summed E-state index contributed by atoms with van der Waals surface area (Å²) in [6.07, 6.45) is 2.93. The summed E-state index contributed by atoms with van der Waals surface area (Å²) in [4.78, 5) is 4.95. The fourth-order valence-corrected chi connectivity index (χ4v) is 7.52. The molecule has 4 heterocycles. The second-order valence-corrected chi connectivity index (χ2v) is 12.8. The van der Waals surface area contributed by atoms with E-state index in [1.807, 2.05) is 28.9 Å². The fraction of sp³-hybridized carbons (Fsp3) is 0.300. The van der Waals surface area contributed by atoms with Crippen LogP contribution in [-0.4, -0.2) is 4.98 Å². The minimum atomic E-state index is 0.0661. The van der Waals surface area contributed by atoms with Gasteiger partial charge in [-0.15, -0.1) is 22.7 Å². The van der Waals surface area contributed by atoms with E-state index in [0.29, 0.717) is 5.92 Å². The molecule has 0 saturated carbocycles. The highest BCUT2D eigenvalue weighted by Crippen LogP contribution is 2.45. The molecule has 0 atom stereocenters. The van der Waals surface area contributed by atoms with Crippen molar-refractivity contribution in [1.29, 1.82) is 0 Å². The Morgan fingerprint density at radius 1 is 1.00 bits per heavy atom. The molecule has 4 heteroatoms. The van der Waals surface area contributed by atoms with Crippen LogP contribution in [0.4, 0.5) is 0 Å². The molecule has 0 unspecified atom stereocenters. The van der Waals surface area contributed by atoms with Gasteiger partial charge in [-0.3, -0.25) is 4.98 Å². The molecule has 0 bridgehead atoms. The van der Waals surface area contributed by atoms with Gasteiger partial charge in [0.1, 0.15) is 11.3 Å². The lowest BCUT2D eigenvalue weighted by Gasteiger charge is -2.21. The molecule has 2 nitrogen and oxygen atoms in total. The van der Waals surface area contributed by atoms with Gasteiger partial charge in [0, 0.05) is 48.4 Å². The van der Waals surface area contributed by atoms with Crippen LogP contribution in [0.15, 0.2) is 52.4 Å². The summed E-state index contributed by atoms with van der Waals surface area (Å²) in [5, 5.41) is 7.30. The molecular weight excluding hydrogens is 454 g/mol. The van der Waals surface area contributed by atoms with Crippen molar-refractivity contribution in [2.75, 3.05) is 0 Å². The molecule has 0 amide bonds. The first-order chi connectivity index (χ1) is 16.2. The summed E-state index contributed by atoms with van der Waals surface area (Å²) in [5.74, 6) is 1.68. The van der Waals surface area contributed by atoms with Crippen LogP contribution in [-0.2, 0) is 11.8 Å². The minimum Gasteiger partial charge on any atom is -0.461 e. The zero-order valence-electron chi connectivity index (χ0n) is 20.6. The van der Waals surface area contributed by atoms with E-state index in [0.717, 1.165) is 23.5 Å². The van der Waals surface area contributed by atoms with Crippen LogP contribution in [0.5, 0.6) is 0 Å². The Morgan fingerprint density at radius 2 is 1.82 bits per heavy atom. The lowest BCUT2D eigenvalue weighted by molar-refractivity contribution is 0.496. The van der Waals surface area contributed by atoms with Gasteiger partial charge in [0.25, 0.3) is 0 Å². The molecule has 6 rings (SSSR count). The Kier molecular flexibility index (Phi) is 4.91. The van der Waals surface area contributed by atoms with Gasteiger partial charge in [-0.25, -0.2) is 0 Å². The van der Waals surface area contributed by atoms with Gasteiger partial charge in [0.15, 0.2) is 0 Å². The van der Waals surface area contributed by atoms with Gasteiger partial charge < -0.3 is 4.42 Å². The Hall–Kier alpha value is -2.69. The largest absolute Gasteiger partial charge is 0.461 e. The molecule has 0 fully saturated rings. The van der Waals surface area contributed by atoms with Crippen molar-refractivity contribution < 1.29 is 4.42 Å². The maximum atomic E-state index is 6.31. The first-order valence-electron chi connectivity index (χ1n) is 12.0. The molecule has 0 spiro atoms. The third-order valence-electron chi connectivity index (χ3n) is 6.77. The SMILES string of the molecule is Cc1c(CC(C)C)oc2ccc3c(sc4ccnc(-c5cc(C(C)(C)C)c6sccc6c5)c43)c12. The van der Waals surface area contributed by atoms with Crippen LogP contribution in [0.25, 0.3) is 52.5 Å². The summed E-state index contributed by atoms with van der Waals surface area (Å²) < 4.78 is 10.3. The smallest absolute Gasteiger partial charge is 0.136 e. The summed E-state index contributed by atoms with van der Waals surface area (Å²) >= 11 is 3.70. The van der Waals surface area contributed by atoms with Crippen LogP contribution in [0, 0.1) is 12.8 Å². The third kappa shape index (κ3) is 3.30. The molecule has 0 aliphatic carbocycles. The molecule has 0 radical (unpaired) electrons. The molecule has 172 valence electrons. The van der Waals surface area contributed by atoms with Crippen molar-refractivity contribution in [2.24, 2.45) is 5.92 Å². The first kappa shape index (κ1) is 21.8. The number of aromatic nitrogens is 1. The number of hydrogen-bond donors (Lipinski definition) is 0. The predicted octanol–water partition coefficient (Wildman–Crippen LogP) is 9.88. The monoisotopic (exact) mass is 483 g/mol. The van der Waals surface area contributed by atoms with Crippen LogP contribution in [0.2, 0.25) is 0 Å². The number of hydrogen-bond acceptors (Lipinski definition) is 4. The van der Waals surface area contributed by atoms with Crippen molar-refractivity contribution in [2.45, 2.75) is 53.4 Å². The van der Waals surface area contributed by atoms with E-state index >= 15 is 0 Å². The number of benzene rings is 2. The summed E-state index contributed by atoms with van der Waals surface area (Å²) in [5.41, 5.74) is 6.01. The molecular formula is C30H29NOS2. The quantitative estimate of drug-likeness (QED) is 0.250. The van der Waals surface area contributed by atoms with E-state index in [9.17, 15) is 0 Å². The van der Waals surface area contributed by atoms with Crippen molar-refractivity contribution in [3.05, 3.63) is 64.9 Å². The van der Waals surface area contributed by atoms with Crippen molar-refractivity contribution in [3.8, 4) is 11.3 Å². The van der Waals surface area contributed by atoms with Crippen LogP contribution in [0.1, 0.15) is 51.5 Å². The van der Waals surface area contributed by atoms with E-state index in [4.69, 9.17) is 9.40 Å². The fourth-order valence-electron chi connectivity index (χ4n) is 5.12. The van der Waals surface area contributed by atoms with E-state index in [2.05, 4.69) is 83.3 Å². The van der Waals surface area contributed by atoms with Crippen LogP contribution in [0.3, 0.4) is 0 Å². The van der Waals surface area contributed by atoms with E-state index < -0.39 is 0 Å². The Bertz CT molecular complexity index is 1710. The number of fused-ring (bicyclic) bond motifs is 6. The average Bonchev–Trinajstić information content (AvgIpc) is 3.47. The molecule has 4 aromatic heterocycles. The maximum Gasteiger partial charge on any atom is 0.136 e. The van der Waals surface area contributed by atoms with Gasteiger partial charge >= 0.3 is 0 Å². The van der Waals surface area contributed by atoms with Crippen molar-refractivity contribution in [1.82, 2.24) is 4.98 Å². The maximum absolute atomic E-state index is 6.31. The number of thiophene rings is 2. The molecule has 0 aliphatic heterocycles. The number of pyridine rings is 1. The molecule has 0 aliphatic rings. The van der Waals surface area contributed by atoms with Gasteiger partial charge in [-0.05, 0) is 76.5 Å². The summed E-state index contributed by atoms with van der Waals surface area (Å²) in [6, 6.07) is 13.5. The summed E-state index contributed by atoms with van der Waals surface area (Å²) in [6.45, 7) is 13.6. The molecule has 0 N–H and O–H groups in total. The Labute approximate surface area is 208 Å². The van der Waals surface area contributed by atoms with Crippen LogP contribution < -0.4 is 0 Å². The molecule has 2 aromatic carbocycles. The zero-order valence-corrected chi connectivity index (χ0v) is 22.2. The Morgan fingerprint density at radius 3 is 2.59 bits per heavy atom. The second-order valence-electron chi connectivity index (χ2n) is 10.8. The van der Waals surface area contributed by atoms with Crippen molar-refractivity contribution in [3.63, 3.8) is 0 Å². The van der Waals surface area contributed by atoms with Crippen molar-refractivity contribution >= 4 is 63.9 Å². The minimum absolute atomic E-state index is 0.0661. The number of aryl methyl sites for hydroxylation is 1. The lowest BCUT2D eigenvalue weighted by Crippen LogP contribution is -2.11. The number of furan rings is 1. The highest BCUT2D eigenvalue weighted by atomic mass is 32.1. The van der Waals surface area contributed by atoms with Gasteiger partial charge in [0.2, 0.25) is 0 Å². The van der Waals surface area contributed by atoms with E-state index in [-0.39, 0.29) is 5.41 Å². The normalized spacial score (nSPS) is 12.8. The molecule has 34 heavy (non-hydrogen) atoms. The highest BCUT2D eigenvalue weighted by molar-refractivity contribution is 7.26. The summed E-state index contributed by atoms with van der Waals surface area (Å²) in [7, 11) is 0. The third-order valence-corrected chi connectivity index (χ3v) is 8.92. The second kappa shape index (κ2) is 7.66. The highest BCUT2D eigenvalue weighted by Gasteiger charge is 2.22. The zero-order chi connectivity index (χ0) is 23.8. The van der Waals surface area contributed by atoms with Gasteiger partial charge in [0.05, 0.1) is 5.69 Å². The average molecular weight is 484 g/mol. The molecule has 0 saturated heterocycles.